The number of aromatic amines is 1. The van der Waals surface area contributed by atoms with Gasteiger partial charge in [0.2, 0.25) is 5.91 Å². The van der Waals surface area contributed by atoms with E-state index in [4.69, 9.17) is 10.5 Å². The third-order valence-corrected chi connectivity index (χ3v) is 2.92. The monoisotopic (exact) mass is 282 g/mol. The van der Waals surface area contributed by atoms with Crippen LogP contribution in [0.25, 0.3) is 10.9 Å². The summed E-state index contributed by atoms with van der Waals surface area (Å²) in [7, 11) is 0. The second-order valence-corrected chi connectivity index (χ2v) is 4.30. The van der Waals surface area contributed by atoms with Crippen molar-refractivity contribution in [1.29, 1.82) is 0 Å². The van der Waals surface area contributed by atoms with Gasteiger partial charge in [-0.25, -0.2) is 4.79 Å². The third-order valence-electron chi connectivity index (χ3n) is 2.92. The van der Waals surface area contributed by atoms with Gasteiger partial charge in [-0.1, -0.05) is 6.07 Å². The summed E-state index contributed by atoms with van der Waals surface area (Å²) in [6.07, 6.45) is 4.48. The lowest BCUT2D eigenvalue weighted by molar-refractivity contribution is 0.0735. The van der Waals surface area contributed by atoms with E-state index < -0.39 is 11.9 Å². The zero-order chi connectivity index (χ0) is 14.8. The van der Waals surface area contributed by atoms with Gasteiger partial charge in [0.15, 0.2) is 0 Å². The van der Waals surface area contributed by atoms with Gasteiger partial charge >= 0.3 is 5.97 Å². The lowest BCUT2D eigenvalue weighted by atomic mass is 10.2. The summed E-state index contributed by atoms with van der Waals surface area (Å²) in [5.74, 6) is -0.945. The van der Waals surface area contributed by atoms with Gasteiger partial charge in [-0.15, -0.1) is 0 Å². The van der Waals surface area contributed by atoms with Gasteiger partial charge in [0.05, 0.1) is 23.5 Å². The molecule has 0 unspecified atom stereocenters. The van der Waals surface area contributed by atoms with Crippen molar-refractivity contribution in [2.75, 3.05) is 0 Å². The molecule has 0 fully saturated rings. The number of nitrogens with one attached hydrogen (secondary N) is 1. The molecule has 21 heavy (non-hydrogen) atoms. The minimum Gasteiger partial charge on any atom is -0.423 e. The number of amides is 1. The number of primary amides is 1. The predicted octanol–water partition coefficient (Wildman–Crippen LogP) is 1.28. The highest BCUT2D eigenvalue weighted by Crippen LogP contribution is 2.19. The van der Waals surface area contributed by atoms with Gasteiger partial charge in [-0.3, -0.25) is 14.9 Å². The van der Waals surface area contributed by atoms with Crippen LogP contribution in [-0.4, -0.2) is 27.1 Å². The first kappa shape index (κ1) is 12.8. The number of carbonyl (C=O) groups is 2. The van der Waals surface area contributed by atoms with Crippen molar-refractivity contribution in [1.82, 2.24) is 15.2 Å². The van der Waals surface area contributed by atoms with Crippen LogP contribution in [0.5, 0.6) is 5.75 Å². The number of ether oxygens (including phenoxy) is 1. The molecule has 3 aromatic rings. The highest BCUT2D eigenvalue weighted by Gasteiger charge is 2.14. The predicted molar refractivity (Wildman–Crippen MR) is 73.8 cm³/mol. The Balaban J connectivity index is 1.91. The number of aromatic nitrogens is 3. The summed E-state index contributed by atoms with van der Waals surface area (Å²) < 4.78 is 5.24. The number of carbonyl (C=O) groups excluding carboxylic acids is 2. The van der Waals surface area contributed by atoms with E-state index in [1.54, 1.807) is 18.3 Å². The van der Waals surface area contributed by atoms with Crippen LogP contribution in [0.15, 0.2) is 42.9 Å². The lowest BCUT2D eigenvalue weighted by Crippen LogP contribution is -2.12. The van der Waals surface area contributed by atoms with Gasteiger partial charge < -0.3 is 10.5 Å². The molecule has 3 rings (SSSR count). The van der Waals surface area contributed by atoms with Crippen molar-refractivity contribution in [3.8, 4) is 5.75 Å². The number of nitrogens with zero attached hydrogens (tertiary/aromatic N) is 2. The number of rotatable bonds is 3. The molecule has 7 heteroatoms. The molecular formula is C14H10N4O3. The SMILES string of the molecule is NC(=O)c1cccc(OC(=O)c2cncc3[nH]ncc23)c1. The molecule has 0 bridgehead atoms. The molecule has 0 aliphatic rings. The van der Waals surface area contributed by atoms with Gasteiger partial charge in [-0.05, 0) is 18.2 Å². The van der Waals surface area contributed by atoms with Gasteiger partial charge in [-0.2, -0.15) is 5.10 Å². The molecule has 0 aliphatic heterocycles. The number of benzene rings is 1. The Morgan fingerprint density at radius 1 is 1.19 bits per heavy atom. The van der Waals surface area contributed by atoms with Crippen molar-refractivity contribution in [2.24, 2.45) is 5.73 Å². The van der Waals surface area contributed by atoms with E-state index in [0.29, 0.717) is 10.9 Å². The molecule has 2 aromatic heterocycles. The molecule has 0 atom stereocenters. The van der Waals surface area contributed by atoms with Crippen molar-refractivity contribution in [3.63, 3.8) is 0 Å². The average molecular weight is 282 g/mol. The van der Waals surface area contributed by atoms with E-state index in [-0.39, 0.29) is 16.9 Å². The molecule has 0 radical (unpaired) electrons. The molecule has 3 N–H and O–H groups in total. The largest absolute Gasteiger partial charge is 0.423 e. The number of hydrogen-bond acceptors (Lipinski definition) is 5. The summed E-state index contributed by atoms with van der Waals surface area (Å²) in [6, 6.07) is 6.09. The molecule has 0 saturated heterocycles. The number of hydrogen-bond donors (Lipinski definition) is 2. The van der Waals surface area contributed by atoms with Crippen LogP contribution in [-0.2, 0) is 0 Å². The summed E-state index contributed by atoms with van der Waals surface area (Å²) in [5, 5.41) is 7.19. The van der Waals surface area contributed by atoms with Crippen molar-refractivity contribution in [2.45, 2.75) is 0 Å². The average Bonchev–Trinajstić information content (AvgIpc) is 2.95. The Labute approximate surface area is 118 Å². The minimum absolute atomic E-state index is 0.233. The quantitative estimate of drug-likeness (QED) is 0.555. The summed E-state index contributed by atoms with van der Waals surface area (Å²) in [5.41, 5.74) is 6.36. The molecule has 7 nitrogen and oxygen atoms in total. The Morgan fingerprint density at radius 3 is 2.86 bits per heavy atom. The number of fused-ring (bicyclic) bond motifs is 1. The smallest absolute Gasteiger partial charge is 0.345 e. The third kappa shape index (κ3) is 2.44. The van der Waals surface area contributed by atoms with Gasteiger partial charge in [0.1, 0.15) is 5.75 Å². The van der Waals surface area contributed by atoms with Crippen molar-refractivity contribution < 1.29 is 14.3 Å². The fourth-order valence-electron chi connectivity index (χ4n) is 1.90. The van der Waals surface area contributed by atoms with E-state index in [1.165, 1.54) is 24.5 Å². The van der Waals surface area contributed by atoms with Crippen LogP contribution in [0.1, 0.15) is 20.7 Å². The Kier molecular flexibility index (Phi) is 3.07. The lowest BCUT2D eigenvalue weighted by Gasteiger charge is -2.05. The second kappa shape index (κ2) is 5.04. The maximum atomic E-state index is 12.2. The van der Waals surface area contributed by atoms with Gasteiger partial charge in [0.25, 0.3) is 0 Å². The molecule has 2 heterocycles. The van der Waals surface area contributed by atoms with Crippen LogP contribution in [0.4, 0.5) is 0 Å². The van der Waals surface area contributed by atoms with Crippen LogP contribution < -0.4 is 10.5 Å². The zero-order valence-electron chi connectivity index (χ0n) is 10.7. The maximum Gasteiger partial charge on any atom is 0.345 e. The highest BCUT2D eigenvalue weighted by atomic mass is 16.5. The molecule has 104 valence electrons. The van der Waals surface area contributed by atoms with Crippen LogP contribution in [0.3, 0.4) is 0 Å². The Bertz CT molecular complexity index is 841. The van der Waals surface area contributed by atoms with Gasteiger partial charge in [0, 0.05) is 17.1 Å². The first-order valence-electron chi connectivity index (χ1n) is 6.04. The van der Waals surface area contributed by atoms with E-state index in [2.05, 4.69) is 15.2 Å². The van der Waals surface area contributed by atoms with E-state index in [0.717, 1.165) is 0 Å². The normalized spacial score (nSPS) is 10.5. The standard InChI is InChI=1S/C14H10N4O3/c15-13(19)8-2-1-3-9(4-8)21-14(20)11-5-16-7-12-10(11)6-17-18-12/h1-7H,(H2,15,19)(H,17,18). The molecule has 0 aliphatic carbocycles. The fraction of sp³-hybridized carbons (Fsp3) is 0. The molecule has 1 amide bonds. The Morgan fingerprint density at radius 2 is 2.05 bits per heavy atom. The molecule has 1 aromatic carbocycles. The number of pyridine rings is 1. The van der Waals surface area contributed by atoms with E-state index in [9.17, 15) is 9.59 Å². The van der Waals surface area contributed by atoms with Crippen LogP contribution >= 0.6 is 0 Å². The summed E-state index contributed by atoms with van der Waals surface area (Å²) in [4.78, 5) is 27.2. The zero-order valence-corrected chi connectivity index (χ0v) is 10.7. The number of H-pyrrole nitrogens is 1. The molecule has 0 spiro atoms. The molecule has 0 saturated carbocycles. The number of esters is 1. The minimum atomic E-state index is -0.591. The first-order valence-corrected chi connectivity index (χ1v) is 6.04. The van der Waals surface area contributed by atoms with Crippen molar-refractivity contribution in [3.05, 3.63) is 54.0 Å². The topological polar surface area (TPSA) is 111 Å². The molecular weight excluding hydrogens is 272 g/mol. The number of nitrogens with two attached hydrogens (primary N) is 1. The van der Waals surface area contributed by atoms with Crippen LogP contribution in [0.2, 0.25) is 0 Å². The van der Waals surface area contributed by atoms with Crippen LogP contribution in [0, 0.1) is 0 Å². The summed E-state index contributed by atoms with van der Waals surface area (Å²) in [6.45, 7) is 0. The fourth-order valence-corrected chi connectivity index (χ4v) is 1.90. The van der Waals surface area contributed by atoms with E-state index in [1.807, 2.05) is 0 Å². The first-order chi connectivity index (χ1) is 10.1. The second-order valence-electron chi connectivity index (χ2n) is 4.30. The maximum absolute atomic E-state index is 12.2. The highest BCUT2D eigenvalue weighted by molar-refractivity contribution is 6.03. The van der Waals surface area contributed by atoms with Crippen molar-refractivity contribution >= 4 is 22.8 Å². The summed E-state index contributed by atoms with van der Waals surface area (Å²) >= 11 is 0. The van der Waals surface area contributed by atoms with E-state index >= 15 is 0 Å². The Hall–Kier alpha value is -3.22.